The van der Waals surface area contributed by atoms with E-state index in [0.29, 0.717) is 31.9 Å². The Morgan fingerprint density at radius 2 is 2.10 bits per heavy atom. The van der Waals surface area contributed by atoms with E-state index in [9.17, 15) is 4.79 Å². The van der Waals surface area contributed by atoms with E-state index in [1.807, 2.05) is 23.1 Å². The summed E-state index contributed by atoms with van der Waals surface area (Å²) in [6.07, 6.45) is 3.70. The standard InChI is InChI=1S/C22H32N6O2S/c1-3-20-25-26-22(31-20)24-19-6-4-5-17(23-19)18-15-28(13-14-30-18)21(29)9-12-27-10-7-16(2)8-11-27/h4-6,16,18H,3,7-15H2,1-2H3,(H,23,24,26). The second kappa shape index (κ2) is 10.5. The van der Waals surface area contributed by atoms with Crippen LogP contribution in [0.2, 0.25) is 0 Å². The smallest absolute Gasteiger partial charge is 0.224 e. The zero-order chi connectivity index (χ0) is 21.6. The first-order valence-corrected chi connectivity index (χ1v) is 12.1. The zero-order valence-electron chi connectivity index (χ0n) is 18.4. The van der Waals surface area contributed by atoms with E-state index in [1.54, 1.807) is 0 Å². The normalized spacial score (nSPS) is 20.7. The van der Waals surface area contributed by atoms with Crippen LogP contribution in [-0.2, 0) is 16.0 Å². The molecule has 2 aromatic rings. The quantitative estimate of drug-likeness (QED) is 0.702. The number of amides is 1. The summed E-state index contributed by atoms with van der Waals surface area (Å²) in [5.41, 5.74) is 0.827. The van der Waals surface area contributed by atoms with Gasteiger partial charge in [0.1, 0.15) is 16.9 Å². The zero-order valence-corrected chi connectivity index (χ0v) is 19.2. The topological polar surface area (TPSA) is 83.5 Å². The monoisotopic (exact) mass is 444 g/mol. The van der Waals surface area contributed by atoms with Gasteiger partial charge in [0.05, 0.1) is 18.8 Å². The highest BCUT2D eigenvalue weighted by molar-refractivity contribution is 7.15. The molecule has 0 bridgehead atoms. The maximum absolute atomic E-state index is 12.8. The van der Waals surface area contributed by atoms with Gasteiger partial charge in [-0.05, 0) is 50.4 Å². The van der Waals surface area contributed by atoms with Gasteiger partial charge in [-0.2, -0.15) is 0 Å². The molecule has 1 N–H and O–H groups in total. The first kappa shape index (κ1) is 22.1. The molecular formula is C22H32N6O2S. The molecule has 2 fully saturated rings. The van der Waals surface area contributed by atoms with E-state index < -0.39 is 0 Å². The lowest BCUT2D eigenvalue weighted by molar-refractivity contribution is -0.139. The molecular weight excluding hydrogens is 412 g/mol. The highest BCUT2D eigenvalue weighted by Gasteiger charge is 2.27. The van der Waals surface area contributed by atoms with Crippen molar-refractivity contribution in [2.75, 3.05) is 44.6 Å². The number of piperidine rings is 1. The number of pyridine rings is 1. The number of nitrogens with one attached hydrogen (secondary N) is 1. The molecule has 1 amide bonds. The molecule has 2 aliphatic rings. The number of rotatable bonds is 7. The third-order valence-electron chi connectivity index (χ3n) is 6.04. The molecule has 4 rings (SSSR count). The number of anilines is 2. The Kier molecular flexibility index (Phi) is 7.47. The van der Waals surface area contributed by atoms with Crippen molar-refractivity contribution in [3.05, 3.63) is 28.9 Å². The molecule has 2 saturated heterocycles. The summed E-state index contributed by atoms with van der Waals surface area (Å²) in [6, 6.07) is 5.81. The second-order valence-corrected chi connectivity index (χ2v) is 9.46. The van der Waals surface area contributed by atoms with Crippen LogP contribution >= 0.6 is 11.3 Å². The predicted octanol–water partition coefficient (Wildman–Crippen LogP) is 3.26. The molecule has 2 aliphatic heterocycles. The number of ether oxygens (including phenoxy) is 1. The van der Waals surface area contributed by atoms with Crippen molar-refractivity contribution < 1.29 is 9.53 Å². The van der Waals surface area contributed by atoms with Crippen molar-refractivity contribution in [1.29, 1.82) is 0 Å². The summed E-state index contributed by atoms with van der Waals surface area (Å²) in [6.45, 7) is 9.17. The Morgan fingerprint density at radius 3 is 2.87 bits per heavy atom. The predicted molar refractivity (Wildman–Crippen MR) is 122 cm³/mol. The van der Waals surface area contributed by atoms with Crippen LogP contribution in [0.5, 0.6) is 0 Å². The van der Waals surface area contributed by atoms with Gasteiger partial charge >= 0.3 is 0 Å². The van der Waals surface area contributed by atoms with Gasteiger partial charge in [-0.15, -0.1) is 10.2 Å². The third-order valence-corrected chi connectivity index (χ3v) is 7.03. The fourth-order valence-corrected chi connectivity index (χ4v) is 4.70. The van der Waals surface area contributed by atoms with Crippen LogP contribution in [0.25, 0.3) is 0 Å². The summed E-state index contributed by atoms with van der Waals surface area (Å²) >= 11 is 1.53. The summed E-state index contributed by atoms with van der Waals surface area (Å²) in [5, 5.41) is 13.2. The Bertz CT molecular complexity index is 867. The minimum atomic E-state index is -0.212. The fraction of sp³-hybridized carbons (Fsp3) is 0.636. The van der Waals surface area contributed by atoms with Crippen LogP contribution in [0.1, 0.15) is 49.9 Å². The van der Waals surface area contributed by atoms with E-state index >= 15 is 0 Å². The maximum Gasteiger partial charge on any atom is 0.224 e. The number of carbonyl (C=O) groups is 1. The lowest BCUT2D eigenvalue weighted by atomic mass is 9.99. The molecule has 168 valence electrons. The number of morpholine rings is 1. The number of aryl methyl sites for hydroxylation is 1. The molecule has 0 saturated carbocycles. The largest absolute Gasteiger partial charge is 0.368 e. The number of hydrogen-bond acceptors (Lipinski definition) is 8. The van der Waals surface area contributed by atoms with Crippen molar-refractivity contribution in [3.63, 3.8) is 0 Å². The van der Waals surface area contributed by atoms with Gasteiger partial charge in [-0.25, -0.2) is 4.98 Å². The van der Waals surface area contributed by atoms with E-state index in [0.717, 1.165) is 47.8 Å². The Labute approximate surface area is 188 Å². The fourth-order valence-electron chi connectivity index (χ4n) is 4.01. The lowest BCUT2D eigenvalue weighted by Crippen LogP contribution is -2.44. The van der Waals surface area contributed by atoms with Crippen LogP contribution in [0.15, 0.2) is 18.2 Å². The van der Waals surface area contributed by atoms with E-state index in [1.165, 1.54) is 24.2 Å². The Hall–Kier alpha value is -2.10. The van der Waals surface area contributed by atoms with Crippen molar-refractivity contribution >= 4 is 28.2 Å². The van der Waals surface area contributed by atoms with Gasteiger partial charge in [0.25, 0.3) is 0 Å². The van der Waals surface area contributed by atoms with Crippen molar-refractivity contribution in [2.24, 2.45) is 5.92 Å². The van der Waals surface area contributed by atoms with Gasteiger partial charge in [-0.3, -0.25) is 4.79 Å². The minimum Gasteiger partial charge on any atom is -0.368 e. The van der Waals surface area contributed by atoms with E-state index in [2.05, 4.69) is 34.3 Å². The van der Waals surface area contributed by atoms with Crippen LogP contribution in [0, 0.1) is 5.92 Å². The van der Waals surface area contributed by atoms with Gasteiger partial charge in [0, 0.05) is 19.5 Å². The third kappa shape index (κ3) is 5.99. The van der Waals surface area contributed by atoms with Gasteiger partial charge in [0.15, 0.2) is 0 Å². The van der Waals surface area contributed by atoms with Crippen molar-refractivity contribution in [1.82, 2.24) is 25.0 Å². The van der Waals surface area contributed by atoms with Crippen LogP contribution in [0.3, 0.4) is 0 Å². The van der Waals surface area contributed by atoms with Crippen molar-refractivity contribution in [3.8, 4) is 0 Å². The number of carbonyl (C=O) groups excluding carboxylic acids is 1. The first-order chi connectivity index (χ1) is 15.1. The second-order valence-electron chi connectivity index (χ2n) is 8.40. The Balaban J connectivity index is 1.32. The minimum absolute atomic E-state index is 0.210. The molecule has 1 atom stereocenters. The van der Waals surface area contributed by atoms with Crippen molar-refractivity contribution in [2.45, 2.75) is 45.6 Å². The molecule has 9 heteroatoms. The van der Waals surface area contributed by atoms with Gasteiger partial charge in [0.2, 0.25) is 11.0 Å². The summed E-state index contributed by atoms with van der Waals surface area (Å²) < 4.78 is 5.96. The molecule has 8 nitrogen and oxygen atoms in total. The highest BCUT2D eigenvalue weighted by Crippen LogP contribution is 2.25. The maximum atomic E-state index is 12.8. The average molecular weight is 445 g/mol. The Morgan fingerprint density at radius 1 is 1.26 bits per heavy atom. The molecule has 0 spiro atoms. The summed E-state index contributed by atoms with van der Waals surface area (Å²) in [7, 11) is 0. The summed E-state index contributed by atoms with van der Waals surface area (Å²) in [4.78, 5) is 21.9. The number of likely N-dealkylation sites (tertiary alicyclic amines) is 1. The lowest BCUT2D eigenvalue weighted by Gasteiger charge is -2.34. The molecule has 0 radical (unpaired) electrons. The molecule has 4 heterocycles. The first-order valence-electron chi connectivity index (χ1n) is 11.3. The van der Waals surface area contributed by atoms with Crippen LogP contribution in [-0.4, -0.2) is 70.2 Å². The molecule has 0 aromatic carbocycles. The SMILES string of the molecule is CCc1nnc(Nc2cccc(C3CN(C(=O)CCN4CCC(C)CC4)CCO3)n2)s1. The van der Waals surface area contributed by atoms with Crippen LogP contribution < -0.4 is 5.32 Å². The van der Waals surface area contributed by atoms with Gasteiger partial charge in [-0.1, -0.05) is 31.3 Å². The van der Waals surface area contributed by atoms with Crippen LogP contribution in [0.4, 0.5) is 10.9 Å². The van der Waals surface area contributed by atoms with Gasteiger partial charge < -0.3 is 19.9 Å². The molecule has 0 aliphatic carbocycles. The molecule has 1 unspecified atom stereocenters. The molecule has 2 aromatic heterocycles. The highest BCUT2D eigenvalue weighted by atomic mass is 32.1. The van der Waals surface area contributed by atoms with E-state index in [4.69, 9.17) is 9.72 Å². The molecule has 31 heavy (non-hydrogen) atoms. The number of aromatic nitrogens is 3. The summed E-state index contributed by atoms with van der Waals surface area (Å²) in [5.74, 6) is 1.73. The van der Waals surface area contributed by atoms with E-state index in [-0.39, 0.29) is 12.0 Å². The number of nitrogens with zero attached hydrogens (tertiary/aromatic N) is 5. The number of hydrogen-bond donors (Lipinski definition) is 1. The average Bonchev–Trinajstić information content (AvgIpc) is 3.26.